The highest BCUT2D eigenvalue weighted by molar-refractivity contribution is 7.26. The maximum absolute atomic E-state index is 2.82. The zero-order valence-electron chi connectivity index (χ0n) is 46.4. The van der Waals surface area contributed by atoms with Crippen LogP contribution in [0.2, 0.25) is 0 Å². The molecule has 0 bridgehead atoms. The van der Waals surface area contributed by atoms with E-state index in [1.54, 1.807) is 0 Å². The number of anilines is 5. The van der Waals surface area contributed by atoms with Crippen LogP contribution in [-0.4, -0.2) is 6.85 Å². The van der Waals surface area contributed by atoms with E-state index >= 15 is 0 Å². The van der Waals surface area contributed by atoms with Crippen molar-refractivity contribution in [2.45, 2.75) is 162 Å². The number of rotatable bonds is 4. The molecule has 0 spiro atoms. The molecule has 8 aromatic rings. The Kier molecular flexibility index (Phi) is 10.6. The summed E-state index contributed by atoms with van der Waals surface area (Å²) in [7, 11) is 0. The number of hydrogen-bond acceptors (Lipinski definition) is 3. The first-order valence-corrected chi connectivity index (χ1v) is 28.1. The third-order valence-electron chi connectivity index (χ3n) is 18.3. The minimum Gasteiger partial charge on any atom is -0.376 e. The largest absolute Gasteiger partial charge is 0.376 e. The molecule has 3 heterocycles. The van der Waals surface area contributed by atoms with E-state index in [1.807, 2.05) is 11.3 Å². The van der Waals surface area contributed by atoms with Crippen LogP contribution >= 0.6 is 11.3 Å². The predicted octanol–water partition coefficient (Wildman–Crippen LogP) is 18.5. The van der Waals surface area contributed by atoms with Crippen molar-refractivity contribution in [2.24, 2.45) is 0 Å². The Bertz CT molecular complexity index is 3570. The molecule has 0 amide bonds. The predicted molar refractivity (Wildman–Crippen MR) is 319 cm³/mol. The van der Waals surface area contributed by atoms with Gasteiger partial charge < -0.3 is 9.71 Å². The van der Waals surface area contributed by atoms with Gasteiger partial charge in [0.15, 0.2) is 0 Å². The second-order valence-electron chi connectivity index (χ2n) is 27.2. The topological polar surface area (TPSA) is 6.48 Å². The van der Waals surface area contributed by atoms with Gasteiger partial charge in [-0.25, -0.2) is 0 Å². The summed E-state index contributed by atoms with van der Waals surface area (Å²) in [6.45, 7) is 36.2. The van der Waals surface area contributed by atoms with Gasteiger partial charge >= 0.3 is 6.85 Å². The Morgan fingerprint density at radius 1 is 0.452 bits per heavy atom. The van der Waals surface area contributed by atoms with Gasteiger partial charge in [-0.15, -0.1) is 11.3 Å². The number of nitrogens with zero attached hydrogens (tertiary/aromatic N) is 2. The van der Waals surface area contributed by atoms with Gasteiger partial charge in [-0.05, 0) is 197 Å². The molecule has 0 unspecified atom stereocenters. The molecule has 7 aromatic carbocycles. The normalized spacial score (nSPS) is 17.9. The zero-order valence-corrected chi connectivity index (χ0v) is 47.2. The molecular formula is C69H75BN2S. The van der Waals surface area contributed by atoms with Gasteiger partial charge in [-0.3, -0.25) is 0 Å². The van der Waals surface area contributed by atoms with E-state index in [0.717, 1.165) is 0 Å². The number of thiophene rings is 1. The molecule has 2 nitrogen and oxygen atoms in total. The number of hydrogen-bond donors (Lipinski definition) is 0. The summed E-state index contributed by atoms with van der Waals surface area (Å²) in [6.07, 6.45) is 4.71. The van der Waals surface area contributed by atoms with Crippen LogP contribution in [0.4, 0.5) is 27.8 Å². The molecule has 0 saturated heterocycles. The van der Waals surface area contributed by atoms with Gasteiger partial charge in [-0.1, -0.05) is 176 Å². The summed E-state index contributed by atoms with van der Waals surface area (Å²) in [4.78, 5) is 5.55. The first-order chi connectivity index (χ1) is 34.3. The number of fused-ring (bicyclic) bond motifs is 8. The summed E-state index contributed by atoms with van der Waals surface area (Å²) in [6, 6.07) is 53.1. The van der Waals surface area contributed by atoms with Crippen LogP contribution < -0.4 is 20.6 Å². The molecule has 4 heteroatoms. The van der Waals surface area contributed by atoms with E-state index in [4.69, 9.17) is 0 Å². The molecular weight excluding hydrogens is 900 g/mol. The van der Waals surface area contributed by atoms with Crippen molar-refractivity contribution in [3.63, 3.8) is 0 Å². The average molecular weight is 975 g/mol. The molecule has 0 fully saturated rings. The summed E-state index contributed by atoms with van der Waals surface area (Å²) in [5.74, 6) is 0. The Morgan fingerprint density at radius 2 is 1.04 bits per heavy atom. The van der Waals surface area contributed by atoms with E-state index in [-0.39, 0.29) is 39.3 Å². The quantitative estimate of drug-likeness (QED) is 0.162. The Morgan fingerprint density at radius 3 is 1.70 bits per heavy atom. The van der Waals surface area contributed by atoms with Gasteiger partial charge in [0.25, 0.3) is 0 Å². The fraction of sp³-hybridized carbons (Fsp3) is 0.362. The summed E-state index contributed by atoms with van der Waals surface area (Å²) in [5.41, 5.74) is 25.7. The summed E-state index contributed by atoms with van der Waals surface area (Å²) >= 11 is 2.02. The van der Waals surface area contributed by atoms with Gasteiger partial charge in [0, 0.05) is 32.9 Å². The maximum Gasteiger partial charge on any atom is 0.334 e. The molecule has 2 aliphatic carbocycles. The third-order valence-corrected chi connectivity index (χ3v) is 19.4. The fourth-order valence-corrected chi connectivity index (χ4v) is 14.6. The van der Waals surface area contributed by atoms with Crippen molar-refractivity contribution in [1.29, 1.82) is 0 Å². The lowest BCUT2D eigenvalue weighted by atomic mass is 9.43. The molecule has 0 radical (unpaired) electrons. The van der Waals surface area contributed by atoms with Gasteiger partial charge in [-0.2, -0.15) is 0 Å². The lowest BCUT2D eigenvalue weighted by molar-refractivity contribution is 0.332. The molecule has 1 aromatic heterocycles. The van der Waals surface area contributed by atoms with E-state index < -0.39 is 0 Å². The van der Waals surface area contributed by atoms with Crippen molar-refractivity contribution in [1.82, 2.24) is 0 Å². The van der Waals surface area contributed by atoms with Crippen LogP contribution in [-0.2, 0) is 32.5 Å². The number of benzene rings is 7. The van der Waals surface area contributed by atoms with Gasteiger partial charge in [0.2, 0.25) is 0 Å². The molecule has 370 valence electrons. The molecule has 2 aliphatic heterocycles. The van der Waals surface area contributed by atoms with Gasteiger partial charge in [0.1, 0.15) is 0 Å². The SMILES string of the molecule is Cc1ccccc1-c1cc2c3c(c1)N(c1ccc(C(C)(C)C)cc1-c1ccccc1)c1sc4cc5c(cc4c1B3N(c1ccc3c(c1)C(C)(C)CCC3(C)C)c1cc(C(C)(C)C)ccc1-2)C(C)(C)CCC5(C)C. The van der Waals surface area contributed by atoms with Crippen molar-refractivity contribution >= 4 is 66.9 Å². The molecule has 0 atom stereocenters. The maximum atomic E-state index is 2.82. The standard InChI is InChI=1S/C69H75BN2S/c1-42-21-19-20-24-48(42)44-35-51-49-28-25-46(65(5,6)7)38-58(49)72(47-27-29-53-54(39-47)67(10,11)32-31-66(53,8)9)70-61(51)59(36-44)71(57-30-26-45(64(2,3)4)37-50(57)43-22-17-16-18-23-43)63-62(70)52-40-55-56(41-60(52)73-63)69(14,15)34-33-68(55,12)13/h16-30,35-41H,31-34H2,1-15H3. The third kappa shape index (κ3) is 7.53. The highest BCUT2D eigenvalue weighted by Crippen LogP contribution is 2.56. The van der Waals surface area contributed by atoms with Crippen LogP contribution in [0.3, 0.4) is 0 Å². The second kappa shape index (κ2) is 16.1. The Balaban J connectivity index is 1.27. The van der Waals surface area contributed by atoms with E-state index in [2.05, 4.69) is 247 Å². The summed E-state index contributed by atoms with van der Waals surface area (Å²) < 4.78 is 1.38. The first-order valence-electron chi connectivity index (χ1n) is 27.3. The smallest absolute Gasteiger partial charge is 0.334 e. The molecule has 12 rings (SSSR count). The lowest BCUT2D eigenvalue weighted by Gasteiger charge is -2.47. The molecule has 0 N–H and O–H groups in total. The first kappa shape index (κ1) is 48.1. The van der Waals surface area contributed by atoms with E-state index in [1.165, 1.54) is 147 Å². The van der Waals surface area contributed by atoms with Crippen molar-refractivity contribution in [3.8, 4) is 33.4 Å². The Hall–Kier alpha value is -5.84. The zero-order chi connectivity index (χ0) is 51.5. The molecule has 4 aliphatic rings. The highest BCUT2D eigenvalue weighted by atomic mass is 32.1. The summed E-state index contributed by atoms with van der Waals surface area (Å²) in [5, 5.41) is 2.71. The van der Waals surface area contributed by atoms with Crippen LogP contribution in [0.25, 0.3) is 43.5 Å². The minimum absolute atomic E-state index is 0.0325. The van der Waals surface area contributed by atoms with Crippen molar-refractivity contribution in [2.75, 3.05) is 9.71 Å². The van der Waals surface area contributed by atoms with Crippen LogP contribution in [0.1, 0.15) is 162 Å². The monoisotopic (exact) mass is 975 g/mol. The fourth-order valence-electron chi connectivity index (χ4n) is 13.4. The van der Waals surface area contributed by atoms with E-state index in [9.17, 15) is 0 Å². The van der Waals surface area contributed by atoms with Crippen LogP contribution in [0, 0.1) is 6.92 Å². The van der Waals surface area contributed by atoms with Crippen LogP contribution in [0.5, 0.6) is 0 Å². The number of aryl methyl sites for hydroxylation is 1. The Labute approximate surface area is 442 Å². The van der Waals surface area contributed by atoms with Crippen molar-refractivity contribution in [3.05, 3.63) is 172 Å². The lowest BCUT2D eigenvalue weighted by Crippen LogP contribution is -2.61. The molecule has 73 heavy (non-hydrogen) atoms. The highest BCUT2D eigenvalue weighted by Gasteiger charge is 2.49. The minimum atomic E-state index is -0.108. The van der Waals surface area contributed by atoms with Gasteiger partial charge in [0.05, 0.1) is 10.7 Å². The van der Waals surface area contributed by atoms with E-state index in [0.29, 0.717) is 0 Å². The van der Waals surface area contributed by atoms with Crippen LogP contribution in [0.15, 0.2) is 133 Å². The second-order valence-corrected chi connectivity index (χ2v) is 28.2. The molecule has 0 saturated carbocycles. The average Bonchev–Trinajstić information content (AvgIpc) is 3.72. The van der Waals surface area contributed by atoms with Crippen molar-refractivity contribution < 1.29 is 0 Å².